The third kappa shape index (κ3) is 3.93. The molecular weight excluding hydrogens is 200 g/mol. The van der Waals surface area contributed by atoms with Gasteiger partial charge in [-0.2, -0.15) is 0 Å². The summed E-state index contributed by atoms with van der Waals surface area (Å²) in [6.07, 6.45) is 0.483. The predicted octanol–water partition coefficient (Wildman–Crippen LogP) is 1.48. The minimum Gasteiger partial charge on any atom is -0.395 e. The van der Waals surface area contributed by atoms with Gasteiger partial charge in [0.05, 0.1) is 6.61 Å². The Morgan fingerprint density at radius 2 is 2.13 bits per heavy atom. The average molecular weight is 215 g/mol. The van der Waals surface area contributed by atoms with E-state index in [0.29, 0.717) is 18.5 Å². The van der Waals surface area contributed by atoms with Gasteiger partial charge in [-0.05, 0) is 31.5 Å². The Labute approximate surface area is 87.9 Å². The summed E-state index contributed by atoms with van der Waals surface area (Å²) in [6.45, 7) is 2.44. The molecule has 1 aromatic carbocycles. The zero-order valence-electron chi connectivity index (χ0n) is 8.63. The van der Waals surface area contributed by atoms with E-state index in [9.17, 15) is 8.78 Å². The van der Waals surface area contributed by atoms with Gasteiger partial charge in [0.25, 0.3) is 0 Å². The molecule has 1 aromatic rings. The third-order valence-corrected chi connectivity index (χ3v) is 2.18. The molecule has 0 aliphatic rings. The van der Waals surface area contributed by atoms with Crippen molar-refractivity contribution in [3.05, 3.63) is 35.4 Å². The van der Waals surface area contributed by atoms with E-state index in [1.807, 2.05) is 6.92 Å². The summed E-state index contributed by atoms with van der Waals surface area (Å²) in [5, 5.41) is 11.7. The van der Waals surface area contributed by atoms with Gasteiger partial charge in [0.2, 0.25) is 0 Å². The molecule has 0 aliphatic carbocycles. The molecule has 1 rings (SSSR count). The van der Waals surface area contributed by atoms with Crippen LogP contribution >= 0.6 is 0 Å². The predicted molar refractivity (Wildman–Crippen MR) is 54.6 cm³/mol. The summed E-state index contributed by atoms with van der Waals surface area (Å²) < 4.78 is 25.7. The lowest BCUT2D eigenvalue weighted by molar-refractivity contribution is 0.252. The number of rotatable bonds is 5. The SMILES string of the molecule is CC(CO)NCCc1ccc(F)cc1F. The molecule has 2 N–H and O–H groups in total. The van der Waals surface area contributed by atoms with Crippen LogP contribution in [0.1, 0.15) is 12.5 Å². The topological polar surface area (TPSA) is 32.3 Å². The van der Waals surface area contributed by atoms with Gasteiger partial charge in [-0.1, -0.05) is 6.07 Å². The van der Waals surface area contributed by atoms with Crippen LogP contribution in [0.3, 0.4) is 0 Å². The summed E-state index contributed by atoms with van der Waals surface area (Å²) >= 11 is 0. The minimum absolute atomic E-state index is 0.00601. The number of aliphatic hydroxyl groups is 1. The highest BCUT2D eigenvalue weighted by molar-refractivity contribution is 5.18. The molecular formula is C11H15F2NO. The van der Waals surface area contributed by atoms with Crippen molar-refractivity contribution in [2.24, 2.45) is 0 Å². The monoisotopic (exact) mass is 215 g/mol. The average Bonchev–Trinajstić information content (AvgIpc) is 2.21. The zero-order chi connectivity index (χ0) is 11.3. The molecule has 15 heavy (non-hydrogen) atoms. The first-order valence-corrected chi connectivity index (χ1v) is 4.91. The lowest BCUT2D eigenvalue weighted by Crippen LogP contribution is -2.31. The van der Waals surface area contributed by atoms with E-state index in [4.69, 9.17) is 5.11 Å². The molecule has 0 heterocycles. The highest BCUT2D eigenvalue weighted by Crippen LogP contribution is 2.09. The van der Waals surface area contributed by atoms with Crippen LogP contribution in [-0.4, -0.2) is 24.3 Å². The van der Waals surface area contributed by atoms with Crippen molar-refractivity contribution in [1.29, 1.82) is 0 Å². The van der Waals surface area contributed by atoms with Crippen molar-refractivity contribution >= 4 is 0 Å². The summed E-state index contributed by atoms with van der Waals surface area (Å²) in [6, 6.07) is 3.56. The maximum atomic E-state index is 13.1. The van der Waals surface area contributed by atoms with Crippen LogP contribution in [0, 0.1) is 11.6 Å². The van der Waals surface area contributed by atoms with E-state index in [1.165, 1.54) is 12.1 Å². The fourth-order valence-corrected chi connectivity index (χ4v) is 1.24. The Kier molecular flexibility index (Phi) is 4.65. The largest absolute Gasteiger partial charge is 0.395 e. The zero-order valence-corrected chi connectivity index (χ0v) is 8.63. The van der Waals surface area contributed by atoms with Crippen molar-refractivity contribution in [3.63, 3.8) is 0 Å². The van der Waals surface area contributed by atoms with Crippen LogP contribution in [0.4, 0.5) is 8.78 Å². The second kappa shape index (κ2) is 5.78. The summed E-state index contributed by atoms with van der Waals surface area (Å²) in [7, 11) is 0. The molecule has 0 spiro atoms. The van der Waals surface area contributed by atoms with Gasteiger partial charge in [-0.25, -0.2) is 8.78 Å². The molecule has 0 aromatic heterocycles. The van der Waals surface area contributed by atoms with Crippen molar-refractivity contribution in [3.8, 4) is 0 Å². The Morgan fingerprint density at radius 3 is 2.73 bits per heavy atom. The second-order valence-corrected chi connectivity index (χ2v) is 3.52. The number of aliphatic hydroxyl groups excluding tert-OH is 1. The Hall–Kier alpha value is -1.00. The number of hydrogen-bond donors (Lipinski definition) is 2. The molecule has 0 saturated heterocycles. The molecule has 0 radical (unpaired) electrons. The number of benzene rings is 1. The Morgan fingerprint density at radius 1 is 1.40 bits per heavy atom. The standard InChI is InChI=1S/C11H15F2NO/c1-8(7-15)14-5-4-9-2-3-10(12)6-11(9)13/h2-3,6,8,14-15H,4-5,7H2,1H3. The molecule has 2 nitrogen and oxygen atoms in total. The first-order valence-electron chi connectivity index (χ1n) is 4.91. The van der Waals surface area contributed by atoms with Gasteiger partial charge in [-0.3, -0.25) is 0 Å². The van der Waals surface area contributed by atoms with Gasteiger partial charge in [-0.15, -0.1) is 0 Å². The number of halogens is 2. The Bertz CT molecular complexity index is 317. The lowest BCUT2D eigenvalue weighted by Gasteiger charge is -2.10. The first kappa shape index (κ1) is 12.1. The van der Waals surface area contributed by atoms with Crippen molar-refractivity contribution in [2.75, 3.05) is 13.2 Å². The quantitative estimate of drug-likeness (QED) is 0.779. The van der Waals surface area contributed by atoms with E-state index in [2.05, 4.69) is 5.32 Å². The second-order valence-electron chi connectivity index (χ2n) is 3.52. The molecule has 0 fully saturated rings. The maximum absolute atomic E-state index is 13.1. The van der Waals surface area contributed by atoms with E-state index >= 15 is 0 Å². The van der Waals surface area contributed by atoms with Crippen LogP contribution < -0.4 is 5.32 Å². The summed E-state index contributed by atoms with van der Waals surface area (Å²) in [5.41, 5.74) is 0.481. The van der Waals surface area contributed by atoms with Crippen LogP contribution in [0.25, 0.3) is 0 Å². The van der Waals surface area contributed by atoms with Crippen LogP contribution in [0.5, 0.6) is 0 Å². The summed E-state index contributed by atoms with van der Waals surface area (Å²) in [5.74, 6) is -1.08. The van der Waals surface area contributed by atoms with Gasteiger partial charge < -0.3 is 10.4 Å². The maximum Gasteiger partial charge on any atom is 0.129 e. The van der Waals surface area contributed by atoms with E-state index in [0.717, 1.165) is 6.07 Å². The highest BCUT2D eigenvalue weighted by Gasteiger charge is 2.04. The minimum atomic E-state index is -0.562. The van der Waals surface area contributed by atoms with Crippen LogP contribution in [-0.2, 0) is 6.42 Å². The van der Waals surface area contributed by atoms with Crippen LogP contribution in [0.15, 0.2) is 18.2 Å². The lowest BCUT2D eigenvalue weighted by atomic mass is 10.1. The van der Waals surface area contributed by atoms with E-state index < -0.39 is 11.6 Å². The molecule has 1 unspecified atom stereocenters. The number of nitrogens with one attached hydrogen (secondary N) is 1. The Balaban J connectivity index is 2.44. The first-order chi connectivity index (χ1) is 7.13. The molecule has 0 saturated carbocycles. The van der Waals surface area contributed by atoms with Gasteiger partial charge >= 0.3 is 0 Å². The summed E-state index contributed by atoms with van der Waals surface area (Å²) in [4.78, 5) is 0. The fourth-order valence-electron chi connectivity index (χ4n) is 1.24. The molecule has 0 bridgehead atoms. The smallest absolute Gasteiger partial charge is 0.129 e. The van der Waals surface area contributed by atoms with Crippen molar-refractivity contribution < 1.29 is 13.9 Å². The van der Waals surface area contributed by atoms with Gasteiger partial charge in [0.15, 0.2) is 0 Å². The highest BCUT2D eigenvalue weighted by atomic mass is 19.1. The van der Waals surface area contributed by atoms with Crippen molar-refractivity contribution in [2.45, 2.75) is 19.4 Å². The van der Waals surface area contributed by atoms with E-state index in [1.54, 1.807) is 0 Å². The van der Waals surface area contributed by atoms with Crippen LogP contribution in [0.2, 0.25) is 0 Å². The van der Waals surface area contributed by atoms with Gasteiger partial charge in [0, 0.05) is 12.1 Å². The molecule has 1 atom stereocenters. The molecule has 4 heteroatoms. The van der Waals surface area contributed by atoms with Crippen molar-refractivity contribution in [1.82, 2.24) is 5.32 Å². The molecule has 0 aliphatic heterocycles. The number of hydrogen-bond acceptors (Lipinski definition) is 2. The molecule has 0 amide bonds. The molecule has 84 valence electrons. The van der Waals surface area contributed by atoms with Gasteiger partial charge in [0.1, 0.15) is 11.6 Å². The third-order valence-electron chi connectivity index (χ3n) is 2.18. The normalized spacial score (nSPS) is 12.8. The van der Waals surface area contributed by atoms with E-state index in [-0.39, 0.29) is 12.6 Å². The fraction of sp³-hybridized carbons (Fsp3) is 0.455.